The summed E-state index contributed by atoms with van der Waals surface area (Å²) >= 11 is 6.19. The van der Waals surface area contributed by atoms with E-state index in [1.54, 1.807) is 42.5 Å². The molecule has 0 spiro atoms. The molecule has 2 saturated heterocycles. The maximum Gasteiger partial charge on any atom is 0.501 e. The van der Waals surface area contributed by atoms with Gasteiger partial charge in [-0.15, -0.1) is 0 Å². The Hall–Kier alpha value is -3.90. The number of halogens is 4. The number of piperazine rings is 1. The Morgan fingerprint density at radius 2 is 1.52 bits per heavy atom. The first-order chi connectivity index (χ1) is 31.3. The Bertz CT molecular complexity index is 2610. The number of ether oxygens (including phenoxy) is 1. The summed E-state index contributed by atoms with van der Waals surface area (Å²) in [7, 11) is -12.2. The van der Waals surface area contributed by atoms with Gasteiger partial charge in [-0.05, 0) is 127 Å². The van der Waals surface area contributed by atoms with Crippen molar-refractivity contribution in [1.29, 1.82) is 0 Å². The van der Waals surface area contributed by atoms with Gasteiger partial charge in [-0.25, -0.2) is 16.8 Å². The van der Waals surface area contributed by atoms with Crippen molar-refractivity contribution < 1.29 is 43.7 Å². The van der Waals surface area contributed by atoms with E-state index in [0.717, 1.165) is 69.8 Å². The molecule has 4 aromatic carbocycles. The Labute approximate surface area is 394 Å². The maximum atomic E-state index is 14.2. The molecule has 0 N–H and O–H groups in total. The number of carbonyl (C=O) groups excluding carboxylic acids is 1. The third kappa shape index (κ3) is 12.6. The minimum absolute atomic E-state index is 0.0348. The quantitative estimate of drug-likeness (QED) is 0.0950. The van der Waals surface area contributed by atoms with E-state index < -0.39 is 63.2 Å². The van der Waals surface area contributed by atoms with E-state index in [4.69, 9.17) is 16.3 Å². The van der Waals surface area contributed by atoms with Crippen molar-refractivity contribution in [2.75, 3.05) is 82.0 Å². The van der Waals surface area contributed by atoms with Gasteiger partial charge in [-0.2, -0.15) is 13.2 Å². The van der Waals surface area contributed by atoms with Crippen LogP contribution in [0.2, 0.25) is 5.02 Å². The van der Waals surface area contributed by atoms with Crippen LogP contribution >= 0.6 is 11.6 Å². The predicted molar refractivity (Wildman–Crippen MR) is 254 cm³/mol. The van der Waals surface area contributed by atoms with Crippen LogP contribution in [0.3, 0.4) is 0 Å². The Morgan fingerprint density at radius 1 is 0.848 bits per heavy atom. The van der Waals surface area contributed by atoms with E-state index in [0.29, 0.717) is 55.3 Å². The molecule has 7 rings (SSSR count). The van der Waals surface area contributed by atoms with E-state index in [2.05, 4.69) is 40.7 Å². The molecule has 0 radical (unpaired) electrons. The van der Waals surface area contributed by atoms with Crippen LogP contribution in [0.15, 0.2) is 117 Å². The lowest BCUT2D eigenvalue weighted by molar-refractivity contribution is -0.0436. The molecule has 2 fully saturated rings. The number of allylic oxidation sites excluding steroid dienone is 1. The zero-order valence-electron chi connectivity index (χ0n) is 37.3. The molecule has 17 heteroatoms. The van der Waals surface area contributed by atoms with Crippen molar-refractivity contribution in [3.63, 3.8) is 0 Å². The molecule has 3 aliphatic rings. The normalized spacial score (nSPS) is 18.8. The van der Waals surface area contributed by atoms with Crippen LogP contribution in [-0.2, 0) is 41.6 Å². The topological polar surface area (TPSA) is 121 Å². The van der Waals surface area contributed by atoms with Gasteiger partial charge in [0.25, 0.3) is 9.84 Å². The van der Waals surface area contributed by atoms with Crippen LogP contribution in [0.25, 0.3) is 5.57 Å². The molecule has 4 aromatic rings. The van der Waals surface area contributed by atoms with Crippen molar-refractivity contribution in [2.24, 2.45) is 11.3 Å². The molecule has 0 amide bonds. The number of Topliss-reactive ketones (excluding diaryl/α,β-unsaturated/α-hetero) is 1. The molecular formula is C49H57ClF3N3O7S3. The average Bonchev–Trinajstić information content (AvgIpc) is 3.29. The van der Waals surface area contributed by atoms with Gasteiger partial charge in [0.2, 0.25) is 0 Å². The highest BCUT2D eigenvalue weighted by Gasteiger charge is 2.48. The highest BCUT2D eigenvalue weighted by atomic mass is 35.5. The Kier molecular flexibility index (Phi) is 16.0. The molecule has 2 heterocycles. The number of hydrogen-bond acceptors (Lipinski definition) is 10. The molecule has 2 atom stereocenters. The second-order valence-corrected chi connectivity index (χ2v) is 24.1. The lowest BCUT2D eigenvalue weighted by atomic mass is 9.73. The van der Waals surface area contributed by atoms with Gasteiger partial charge in [0, 0.05) is 72.7 Å². The summed E-state index contributed by atoms with van der Waals surface area (Å²) in [5.41, 5.74) is -0.751. The predicted octanol–water partition coefficient (Wildman–Crippen LogP) is 8.76. The summed E-state index contributed by atoms with van der Waals surface area (Å²) in [5.74, 6) is -2.37. The number of benzene rings is 4. The first-order valence-electron chi connectivity index (χ1n) is 22.3. The van der Waals surface area contributed by atoms with E-state index in [1.807, 2.05) is 12.1 Å². The Morgan fingerprint density at radius 3 is 2.17 bits per heavy atom. The number of sulfone groups is 2. The zero-order valence-corrected chi connectivity index (χ0v) is 40.5. The summed E-state index contributed by atoms with van der Waals surface area (Å²) in [6, 6.07) is 25.9. The number of hydrogen-bond donors (Lipinski definition) is 0. The first kappa shape index (κ1) is 50.0. The number of nitrogens with zero attached hydrogens (tertiary/aromatic N) is 3. The maximum absolute atomic E-state index is 14.2. The fourth-order valence-corrected chi connectivity index (χ4v) is 12.9. The third-order valence-corrected chi connectivity index (χ3v) is 17.9. The van der Waals surface area contributed by atoms with Crippen LogP contribution in [0, 0.1) is 11.3 Å². The average molecular weight is 989 g/mol. The van der Waals surface area contributed by atoms with Crippen molar-refractivity contribution in [1.82, 2.24) is 9.80 Å². The minimum Gasteiger partial charge on any atom is -0.379 e. The van der Waals surface area contributed by atoms with Gasteiger partial charge < -0.3 is 9.64 Å². The van der Waals surface area contributed by atoms with Crippen molar-refractivity contribution in [2.45, 2.75) is 66.1 Å². The number of ketones is 1. The smallest absolute Gasteiger partial charge is 0.379 e. The van der Waals surface area contributed by atoms with Crippen LogP contribution in [0.1, 0.15) is 61.0 Å². The monoisotopic (exact) mass is 987 g/mol. The van der Waals surface area contributed by atoms with Crippen LogP contribution in [-0.4, -0.2) is 119 Å². The number of morpholine rings is 1. The standard InChI is InChI=1S/C49H57ClF3N3O7S3/c1-48(2)20-18-45(37-8-13-41(50)14-9-37)40(32-48)33-55-22-24-56(25-23-55)42-15-10-38(11-16-42)46(57)35-65(59,60)44-17-12-39(47(31-44)66(61,62)49(51,52)53)30-36(19-21-54-26-28-63-29-27-54)34-64(58)43-6-4-3-5-7-43/h3-17,31,36H,18-30,32-35H2,1-2H3/t36-,64+/m0/s1. The van der Waals surface area contributed by atoms with Gasteiger partial charge in [-0.3, -0.25) is 18.8 Å². The summed E-state index contributed by atoms with van der Waals surface area (Å²) in [6.07, 6.45) is 3.33. The zero-order chi connectivity index (χ0) is 47.3. The van der Waals surface area contributed by atoms with Crippen LogP contribution < -0.4 is 4.90 Å². The third-order valence-electron chi connectivity index (χ3n) is 12.9. The van der Waals surface area contributed by atoms with E-state index in [9.17, 15) is 39.0 Å². The fraction of sp³-hybridized carbons (Fsp3) is 0.449. The number of alkyl halides is 3. The van der Waals surface area contributed by atoms with Crippen LogP contribution in [0.5, 0.6) is 0 Å². The molecule has 2 aliphatic heterocycles. The molecule has 10 nitrogen and oxygen atoms in total. The number of anilines is 1. The molecule has 0 unspecified atom stereocenters. The summed E-state index contributed by atoms with van der Waals surface area (Å²) < 4.78 is 115. The van der Waals surface area contributed by atoms with Gasteiger partial charge in [-0.1, -0.05) is 67.4 Å². The van der Waals surface area contributed by atoms with Crippen LogP contribution in [0.4, 0.5) is 18.9 Å². The SMILES string of the molecule is CC1(C)CCC(c2ccc(Cl)cc2)=C(CN2CCN(c3ccc(C(=O)CS(=O)(=O)c4ccc(C[C@H](CCN5CCOCC5)C[S@@](=O)c5ccccc5)c(S(=O)(=O)C(F)(F)F)c4)cc3)CC2)C1. The minimum atomic E-state index is -6.05. The molecule has 0 aromatic heterocycles. The largest absolute Gasteiger partial charge is 0.501 e. The second-order valence-electron chi connectivity index (χ2n) is 18.3. The number of carbonyl (C=O) groups is 1. The van der Waals surface area contributed by atoms with Gasteiger partial charge in [0.15, 0.2) is 15.6 Å². The van der Waals surface area contributed by atoms with E-state index >= 15 is 0 Å². The summed E-state index contributed by atoms with van der Waals surface area (Å²) in [5, 5.41) is 0.713. The molecule has 1 aliphatic carbocycles. The highest BCUT2D eigenvalue weighted by molar-refractivity contribution is 7.93. The summed E-state index contributed by atoms with van der Waals surface area (Å²) in [4.78, 5) is 18.9. The van der Waals surface area contributed by atoms with E-state index in [1.165, 1.54) is 28.8 Å². The first-order valence-corrected chi connectivity index (χ1v) is 27.1. The molecule has 0 bridgehead atoms. The fourth-order valence-electron chi connectivity index (χ4n) is 9.09. The molecular weight excluding hydrogens is 931 g/mol. The lowest BCUT2D eigenvalue weighted by Gasteiger charge is -2.39. The number of rotatable bonds is 17. The molecule has 66 heavy (non-hydrogen) atoms. The second kappa shape index (κ2) is 21.2. The highest BCUT2D eigenvalue weighted by Crippen LogP contribution is 2.43. The van der Waals surface area contributed by atoms with Crippen molar-refractivity contribution in [3.8, 4) is 0 Å². The lowest BCUT2D eigenvalue weighted by Crippen LogP contribution is -2.47. The van der Waals surface area contributed by atoms with Crippen molar-refractivity contribution in [3.05, 3.63) is 124 Å². The van der Waals surface area contributed by atoms with Gasteiger partial charge in [0.05, 0.1) is 33.8 Å². The molecule has 356 valence electrons. The summed E-state index contributed by atoms with van der Waals surface area (Å²) in [6.45, 7) is 11.5. The van der Waals surface area contributed by atoms with E-state index in [-0.39, 0.29) is 28.7 Å². The van der Waals surface area contributed by atoms with Gasteiger partial charge >= 0.3 is 5.51 Å². The van der Waals surface area contributed by atoms with Gasteiger partial charge in [0.1, 0.15) is 5.75 Å². The van der Waals surface area contributed by atoms with Crippen molar-refractivity contribution >= 4 is 59.1 Å². The molecule has 0 saturated carbocycles. The Balaban J connectivity index is 1.03.